The van der Waals surface area contributed by atoms with Crippen LogP contribution in [0.25, 0.3) is 0 Å². The average molecular weight is 253 g/mol. The van der Waals surface area contributed by atoms with Crippen molar-refractivity contribution < 1.29 is 28.2 Å². The number of nitrogens with one attached hydrogen (secondary N) is 1. The number of aliphatic carboxylic acids is 1. The van der Waals surface area contributed by atoms with Crippen molar-refractivity contribution in [1.82, 2.24) is 5.32 Å². The average Bonchev–Trinajstić information content (AvgIpc) is 2.14. The number of carbonyl (C=O) groups excluding carboxylic acids is 1. The van der Waals surface area contributed by atoms with E-state index in [-0.39, 0.29) is 0 Å². The van der Waals surface area contributed by atoms with Gasteiger partial charge in [0.1, 0.15) is 11.6 Å². The van der Waals surface area contributed by atoms with Crippen LogP contribution in [0.2, 0.25) is 0 Å². The summed E-state index contributed by atoms with van der Waals surface area (Å²) in [5.41, 5.74) is -0.811. The van der Waals surface area contributed by atoms with E-state index in [1.54, 1.807) is 20.8 Å². The molecular formula is C10H17F2NO4. The molecule has 0 bridgehead atoms. The molecule has 0 rings (SSSR count). The van der Waals surface area contributed by atoms with Gasteiger partial charge in [-0.25, -0.2) is 9.59 Å². The van der Waals surface area contributed by atoms with Gasteiger partial charge in [-0.3, -0.25) is 8.78 Å². The molecule has 0 aromatic heterocycles. The third kappa shape index (κ3) is 6.03. The van der Waals surface area contributed by atoms with E-state index in [4.69, 9.17) is 9.84 Å². The molecule has 0 saturated carbocycles. The summed E-state index contributed by atoms with van der Waals surface area (Å²) < 4.78 is 29.5. The Hall–Kier alpha value is -1.40. The molecular weight excluding hydrogens is 236 g/mol. The lowest BCUT2D eigenvalue weighted by atomic mass is 10.0. The Kier molecular flexibility index (Phi) is 5.84. The van der Waals surface area contributed by atoms with E-state index in [0.717, 1.165) is 0 Å². The summed E-state index contributed by atoms with van der Waals surface area (Å²) in [6, 6.07) is -1.64. The van der Waals surface area contributed by atoms with Crippen molar-refractivity contribution in [2.75, 3.05) is 13.3 Å². The molecule has 0 heterocycles. The largest absolute Gasteiger partial charge is 0.480 e. The third-order valence-electron chi connectivity index (χ3n) is 1.81. The van der Waals surface area contributed by atoms with Crippen LogP contribution in [0.4, 0.5) is 13.6 Å². The quantitative estimate of drug-likeness (QED) is 0.778. The highest BCUT2D eigenvalue weighted by Gasteiger charge is 2.31. The Morgan fingerprint density at radius 2 is 1.76 bits per heavy atom. The van der Waals surface area contributed by atoms with Crippen molar-refractivity contribution in [3.8, 4) is 0 Å². The lowest BCUT2D eigenvalue weighted by Gasteiger charge is -2.24. The molecule has 0 aliphatic heterocycles. The number of ether oxygens (including phenoxy) is 1. The molecule has 0 aliphatic carbocycles. The molecule has 5 nitrogen and oxygen atoms in total. The standard InChI is InChI=1S/C10H17F2NO4/c1-10(2,3)17-9(16)13-7(8(14)15)6(4-11)5-12/h6-7H,4-5H2,1-3H3,(H,13,16)(H,14,15)/t7-/m0/s1. The monoisotopic (exact) mass is 253 g/mol. The topological polar surface area (TPSA) is 75.6 Å². The van der Waals surface area contributed by atoms with Crippen LogP contribution < -0.4 is 5.32 Å². The van der Waals surface area contributed by atoms with Crippen LogP contribution in [0.15, 0.2) is 0 Å². The summed E-state index contributed by atoms with van der Waals surface area (Å²) in [5.74, 6) is -2.92. The minimum atomic E-state index is -1.64. The van der Waals surface area contributed by atoms with Crippen molar-refractivity contribution in [2.24, 2.45) is 5.92 Å². The fourth-order valence-electron chi connectivity index (χ4n) is 1.04. The van der Waals surface area contributed by atoms with E-state index in [9.17, 15) is 18.4 Å². The van der Waals surface area contributed by atoms with E-state index < -0.39 is 43.0 Å². The summed E-state index contributed by atoms with van der Waals surface area (Å²) in [6.45, 7) is 2.41. The van der Waals surface area contributed by atoms with Crippen molar-refractivity contribution >= 4 is 12.1 Å². The molecule has 7 heteroatoms. The van der Waals surface area contributed by atoms with Gasteiger partial charge in [0, 0.05) is 5.92 Å². The van der Waals surface area contributed by atoms with Gasteiger partial charge in [-0.15, -0.1) is 0 Å². The predicted octanol–water partition coefficient (Wildman–Crippen LogP) is 1.52. The van der Waals surface area contributed by atoms with Crippen LogP contribution in [0.5, 0.6) is 0 Å². The fraction of sp³-hybridized carbons (Fsp3) is 0.800. The van der Waals surface area contributed by atoms with Crippen molar-refractivity contribution in [2.45, 2.75) is 32.4 Å². The Labute approximate surface area is 98.1 Å². The number of carboxylic acid groups (broad SMARTS) is 1. The van der Waals surface area contributed by atoms with Crippen LogP contribution in [0.3, 0.4) is 0 Å². The Balaban J connectivity index is 4.56. The van der Waals surface area contributed by atoms with Crippen LogP contribution >= 0.6 is 0 Å². The number of alkyl carbamates (subject to hydrolysis) is 1. The smallest absolute Gasteiger partial charge is 0.408 e. The number of alkyl halides is 2. The molecule has 0 spiro atoms. The number of amides is 1. The van der Waals surface area contributed by atoms with Gasteiger partial charge in [0.2, 0.25) is 0 Å². The zero-order valence-electron chi connectivity index (χ0n) is 10.00. The fourth-order valence-corrected chi connectivity index (χ4v) is 1.04. The first-order valence-corrected chi connectivity index (χ1v) is 5.05. The number of carboxylic acids is 1. The Morgan fingerprint density at radius 3 is 2.06 bits per heavy atom. The zero-order valence-corrected chi connectivity index (χ0v) is 10.00. The summed E-state index contributed by atoms with van der Waals surface area (Å²) >= 11 is 0. The van der Waals surface area contributed by atoms with E-state index in [0.29, 0.717) is 0 Å². The number of carbonyl (C=O) groups is 2. The van der Waals surface area contributed by atoms with E-state index in [2.05, 4.69) is 0 Å². The number of hydrogen-bond donors (Lipinski definition) is 2. The maximum Gasteiger partial charge on any atom is 0.408 e. The normalized spacial score (nSPS) is 13.3. The van der Waals surface area contributed by atoms with Gasteiger partial charge >= 0.3 is 12.1 Å². The maximum absolute atomic E-state index is 12.4. The van der Waals surface area contributed by atoms with E-state index in [1.165, 1.54) is 0 Å². The van der Waals surface area contributed by atoms with Gasteiger partial charge < -0.3 is 15.2 Å². The highest BCUT2D eigenvalue weighted by Crippen LogP contribution is 2.10. The molecule has 2 N–H and O–H groups in total. The Bertz CT molecular complexity index is 274. The minimum Gasteiger partial charge on any atom is -0.480 e. The number of hydrogen-bond acceptors (Lipinski definition) is 3. The molecule has 0 fully saturated rings. The van der Waals surface area contributed by atoms with Gasteiger partial charge in [-0.1, -0.05) is 0 Å². The molecule has 0 aromatic rings. The highest BCUT2D eigenvalue weighted by atomic mass is 19.1. The van der Waals surface area contributed by atoms with Gasteiger partial charge in [0.05, 0.1) is 13.3 Å². The zero-order chi connectivity index (χ0) is 13.6. The first-order valence-electron chi connectivity index (χ1n) is 5.05. The molecule has 0 radical (unpaired) electrons. The number of halogens is 2. The van der Waals surface area contributed by atoms with E-state index >= 15 is 0 Å². The maximum atomic E-state index is 12.4. The van der Waals surface area contributed by atoms with Gasteiger partial charge in [0.25, 0.3) is 0 Å². The summed E-state index contributed by atoms with van der Waals surface area (Å²) in [4.78, 5) is 22.0. The molecule has 0 aromatic carbocycles. The molecule has 100 valence electrons. The molecule has 1 atom stereocenters. The molecule has 0 aliphatic rings. The minimum absolute atomic E-state index is 0.811. The number of rotatable bonds is 5. The SMILES string of the molecule is CC(C)(C)OC(=O)N[C@H](C(=O)O)C(CF)CF. The van der Waals surface area contributed by atoms with Crippen molar-refractivity contribution in [1.29, 1.82) is 0 Å². The highest BCUT2D eigenvalue weighted by molar-refractivity contribution is 5.80. The second-order valence-corrected chi connectivity index (χ2v) is 4.53. The van der Waals surface area contributed by atoms with Crippen LogP contribution in [0, 0.1) is 5.92 Å². The summed E-state index contributed by atoms with van der Waals surface area (Å²) in [7, 11) is 0. The van der Waals surface area contributed by atoms with Gasteiger partial charge in [-0.05, 0) is 20.8 Å². The first-order chi connectivity index (χ1) is 7.71. The van der Waals surface area contributed by atoms with Crippen LogP contribution in [-0.2, 0) is 9.53 Å². The van der Waals surface area contributed by atoms with Crippen LogP contribution in [-0.4, -0.2) is 42.2 Å². The molecule has 1 amide bonds. The predicted molar refractivity (Wildman–Crippen MR) is 56.2 cm³/mol. The second kappa shape index (κ2) is 6.36. The lowest BCUT2D eigenvalue weighted by Crippen LogP contribution is -2.49. The molecule has 17 heavy (non-hydrogen) atoms. The summed E-state index contributed by atoms with van der Waals surface area (Å²) in [5, 5.41) is 10.7. The first kappa shape index (κ1) is 15.6. The van der Waals surface area contributed by atoms with Gasteiger partial charge in [0.15, 0.2) is 0 Å². The second-order valence-electron chi connectivity index (χ2n) is 4.53. The lowest BCUT2D eigenvalue weighted by molar-refractivity contribution is -0.141. The van der Waals surface area contributed by atoms with E-state index in [1.807, 2.05) is 5.32 Å². The van der Waals surface area contributed by atoms with Crippen molar-refractivity contribution in [3.05, 3.63) is 0 Å². The van der Waals surface area contributed by atoms with Crippen molar-refractivity contribution in [3.63, 3.8) is 0 Å². The Morgan fingerprint density at radius 1 is 1.29 bits per heavy atom. The third-order valence-corrected chi connectivity index (χ3v) is 1.81. The van der Waals surface area contributed by atoms with Gasteiger partial charge in [-0.2, -0.15) is 0 Å². The molecule has 0 saturated heterocycles. The van der Waals surface area contributed by atoms with Crippen LogP contribution in [0.1, 0.15) is 20.8 Å². The molecule has 0 unspecified atom stereocenters. The summed E-state index contributed by atoms with van der Waals surface area (Å²) in [6.07, 6.45) is -1.02.